The van der Waals surface area contributed by atoms with E-state index in [4.69, 9.17) is 14.5 Å². The molecule has 1 aromatic carbocycles. The summed E-state index contributed by atoms with van der Waals surface area (Å²) in [6, 6.07) is 6.94. The van der Waals surface area contributed by atoms with E-state index in [1.807, 2.05) is 0 Å². The summed E-state index contributed by atoms with van der Waals surface area (Å²) in [7, 11) is 1.73. The van der Waals surface area contributed by atoms with Gasteiger partial charge in [0.2, 0.25) is 0 Å². The van der Waals surface area contributed by atoms with Gasteiger partial charge in [0.1, 0.15) is 5.75 Å². The second-order valence-electron chi connectivity index (χ2n) is 8.27. The lowest BCUT2D eigenvalue weighted by atomic mass is 9.46. The van der Waals surface area contributed by atoms with E-state index >= 15 is 0 Å². The van der Waals surface area contributed by atoms with Gasteiger partial charge in [-0.05, 0) is 56.7 Å². The van der Waals surface area contributed by atoms with Gasteiger partial charge in [0.15, 0.2) is 5.96 Å². The van der Waals surface area contributed by atoms with E-state index in [1.165, 1.54) is 36.8 Å². The normalized spacial score (nSPS) is 28.3. The van der Waals surface area contributed by atoms with Gasteiger partial charge in [-0.2, -0.15) is 0 Å². The van der Waals surface area contributed by atoms with Crippen molar-refractivity contribution in [1.29, 1.82) is 0 Å². The minimum Gasteiger partial charge on any atom is -0.496 e. The molecule has 5 heteroatoms. The molecule has 3 unspecified atom stereocenters. The largest absolute Gasteiger partial charge is 0.496 e. The molecule has 1 aromatic rings. The van der Waals surface area contributed by atoms with Crippen LogP contribution in [0.25, 0.3) is 0 Å². The van der Waals surface area contributed by atoms with Gasteiger partial charge < -0.3 is 20.1 Å². The highest BCUT2D eigenvalue weighted by Gasteiger charge is 2.66. The fraction of sp³-hybridized carbons (Fsp3) is 0.682. The van der Waals surface area contributed by atoms with E-state index in [2.05, 4.69) is 42.7 Å². The van der Waals surface area contributed by atoms with Crippen molar-refractivity contribution in [1.82, 2.24) is 10.6 Å². The van der Waals surface area contributed by atoms with Gasteiger partial charge in [-0.25, -0.2) is 0 Å². The summed E-state index contributed by atoms with van der Waals surface area (Å²) in [5.41, 5.74) is 2.81. The van der Waals surface area contributed by atoms with Gasteiger partial charge >= 0.3 is 0 Å². The van der Waals surface area contributed by atoms with Gasteiger partial charge in [0.05, 0.1) is 13.2 Å². The third-order valence-corrected chi connectivity index (χ3v) is 6.82. The number of benzene rings is 1. The zero-order valence-corrected chi connectivity index (χ0v) is 16.9. The minimum absolute atomic E-state index is 0.377. The molecule has 0 radical (unpaired) electrons. The number of fused-ring (bicyclic) bond motifs is 2. The van der Waals surface area contributed by atoms with Crippen LogP contribution in [0, 0.1) is 18.3 Å². The molecule has 2 aliphatic carbocycles. The zero-order chi connectivity index (χ0) is 18.9. The Morgan fingerprint density at radius 1 is 1.37 bits per heavy atom. The Morgan fingerprint density at radius 2 is 2.22 bits per heavy atom. The highest BCUT2D eigenvalue weighted by Crippen LogP contribution is 2.62. The van der Waals surface area contributed by atoms with Crippen LogP contribution in [0.4, 0.5) is 0 Å². The van der Waals surface area contributed by atoms with Crippen LogP contribution in [0.15, 0.2) is 23.2 Å². The van der Waals surface area contributed by atoms with Crippen molar-refractivity contribution in [2.45, 2.75) is 58.1 Å². The SMILES string of the molecule is CCNC(=NCCc1ccc(C)c(OC)c1)NC1C2CCOC2C12CCC2. The van der Waals surface area contributed by atoms with Gasteiger partial charge in [0.25, 0.3) is 0 Å². The summed E-state index contributed by atoms with van der Waals surface area (Å²) < 4.78 is 11.5. The summed E-state index contributed by atoms with van der Waals surface area (Å²) in [6.07, 6.45) is 6.54. The molecule has 1 saturated heterocycles. The molecule has 3 atom stereocenters. The van der Waals surface area contributed by atoms with E-state index < -0.39 is 0 Å². The standard InChI is InChI=1S/C22H33N3O2/c1-4-23-21(24-12-8-16-7-6-15(2)18(14-16)26-3)25-19-17-9-13-27-20(17)22(19)10-5-11-22/h6-7,14,17,19-20H,4-5,8-13H2,1-3H3,(H2,23,24,25). The first kappa shape index (κ1) is 18.6. The second-order valence-corrected chi connectivity index (χ2v) is 8.27. The fourth-order valence-corrected chi connectivity index (χ4v) is 5.24. The van der Waals surface area contributed by atoms with Crippen LogP contribution >= 0.6 is 0 Å². The van der Waals surface area contributed by atoms with Crippen LogP contribution < -0.4 is 15.4 Å². The Labute approximate surface area is 162 Å². The Balaban J connectivity index is 1.39. The topological polar surface area (TPSA) is 54.9 Å². The number of nitrogens with one attached hydrogen (secondary N) is 2. The quantitative estimate of drug-likeness (QED) is 0.596. The summed E-state index contributed by atoms with van der Waals surface area (Å²) in [4.78, 5) is 4.86. The van der Waals surface area contributed by atoms with E-state index in [-0.39, 0.29) is 0 Å². The van der Waals surface area contributed by atoms with Gasteiger partial charge in [0, 0.05) is 37.1 Å². The first-order valence-corrected chi connectivity index (χ1v) is 10.5. The molecule has 2 saturated carbocycles. The molecule has 3 fully saturated rings. The van der Waals surface area contributed by atoms with Crippen LogP contribution in [-0.4, -0.2) is 44.9 Å². The Bertz CT molecular complexity index is 699. The lowest BCUT2D eigenvalue weighted by molar-refractivity contribution is -0.171. The Hall–Kier alpha value is -1.75. The van der Waals surface area contributed by atoms with Crippen LogP contribution in [0.2, 0.25) is 0 Å². The van der Waals surface area contributed by atoms with Gasteiger partial charge in [-0.1, -0.05) is 18.6 Å². The zero-order valence-electron chi connectivity index (χ0n) is 16.9. The number of hydrogen-bond acceptors (Lipinski definition) is 3. The van der Waals surface area contributed by atoms with Crippen molar-refractivity contribution in [3.8, 4) is 5.75 Å². The molecular formula is C22H33N3O2. The first-order chi connectivity index (χ1) is 13.2. The third-order valence-electron chi connectivity index (χ3n) is 6.82. The molecule has 1 heterocycles. The molecule has 0 amide bonds. The highest BCUT2D eigenvalue weighted by molar-refractivity contribution is 5.80. The maximum Gasteiger partial charge on any atom is 0.191 e. The molecule has 2 N–H and O–H groups in total. The predicted molar refractivity (Wildman–Crippen MR) is 108 cm³/mol. The lowest BCUT2D eigenvalue weighted by Gasteiger charge is -2.63. The van der Waals surface area contributed by atoms with Crippen molar-refractivity contribution < 1.29 is 9.47 Å². The summed E-state index contributed by atoms with van der Waals surface area (Å²) >= 11 is 0. The molecule has 1 spiro atoms. The molecule has 0 aromatic heterocycles. The van der Waals surface area contributed by atoms with Crippen LogP contribution in [-0.2, 0) is 11.2 Å². The van der Waals surface area contributed by atoms with E-state index in [0.29, 0.717) is 23.5 Å². The van der Waals surface area contributed by atoms with Crippen LogP contribution in [0.1, 0.15) is 43.7 Å². The van der Waals surface area contributed by atoms with E-state index in [1.54, 1.807) is 7.11 Å². The number of aliphatic imine (C=N–C) groups is 1. The average Bonchev–Trinajstić information content (AvgIpc) is 3.04. The van der Waals surface area contributed by atoms with Crippen molar-refractivity contribution in [3.63, 3.8) is 0 Å². The molecule has 5 nitrogen and oxygen atoms in total. The van der Waals surface area contributed by atoms with E-state index in [0.717, 1.165) is 37.8 Å². The fourth-order valence-electron chi connectivity index (χ4n) is 5.24. The number of guanidine groups is 1. The molecule has 0 bridgehead atoms. The highest BCUT2D eigenvalue weighted by atomic mass is 16.5. The molecule has 3 aliphatic rings. The Kier molecular flexibility index (Phi) is 5.31. The number of methoxy groups -OCH3 is 1. The summed E-state index contributed by atoms with van der Waals surface area (Å²) in [6.45, 7) is 6.78. The molecule has 4 rings (SSSR count). The predicted octanol–water partition coefficient (Wildman–Crippen LogP) is 3.06. The molecule has 1 aliphatic heterocycles. The van der Waals surface area contributed by atoms with Gasteiger partial charge in [-0.15, -0.1) is 0 Å². The first-order valence-electron chi connectivity index (χ1n) is 10.5. The number of hydrogen-bond donors (Lipinski definition) is 2. The molecular weight excluding hydrogens is 338 g/mol. The number of nitrogens with zero attached hydrogens (tertiary/aromatic N) is 1. The van der Waals surface area contributed by atoms with Crippen LogP contribution in [0.3, 0.4) is 0 Å². The Morgan fingerprint density at radius 3 is 2.93 bits per heavy atom. The number of aryl methyl sites for hydroxylation is 1. The van der Waals surface area contributed by atoms with Crippen molar-refractivity contribution in [2.75, 3.05) is 26.8 Å². The number of ether oxygens (including phenoxy) is 2. The van der Waals surface area contributed by atoms with Crippen molar-refractivity contribution >= 4 is 5.96 Å². The summed E-state index contributed by atoms with van der Waals surface area (Å²) in [5, 5.41) is 7.21. The van der Waals surface area contributed by atoms with Crippen molar-refractivity contribution in [3.05, 3.63) is 29.3 Å². The lowest BCUT2D eigenvalue weighted by Crippen LogP contribution is -2.72. The van der Waals surface area contributed by atoms with Gasteiger partial charge in [-0.3, -0.25) is 4.99 Å². The molecule has 27 heavy (non-hydrogen) atoms. The second kappa shape index (κ2) is 7.70. The maximum absolute atomic E-state index is 6.04. The molecule has 148 valence electrons. The maximum atomic E-state index is 6.04. The minimum atomic E-state index is 0.377. The van der Waals surface area contributed by atoms with E-state index in [9.17, 15) is 0 Å². The monoisotopic (exact) mass is 371 g/mol. The summed E-state index contributed by atoms with van der Waals surface area (Å²) in [5.74, 6) is 2.57. The number of rotatable bonds is 6. The third kappa shape index (κ3) is 3.31. The average molecular weight is 372 g/mol. The van der Waals surface area contributed by atoms with Crippen molar-refractivity contribution in [2.24, 2.45) is 16.3 Å². The van der Waals surface area contributed by atoms with Crippen LogP contribution in [0.5, 0.6) is 5.75 Å². The smallest absolute Gasteiger partial charge is 0.191 e.